The number of nitrogens with one attached hydrogen (secondary N) is 1. The molecule has 0 aliphatic carbocycles. The van der Waals surface area contributed by atoms with Gasteiger partial charge in [0.1, 0.15) is 12.5 Å². The average Bonchev–Trinajstić information content (AvgIpc) is 2.82. The van der Waals surface area contributed by atoms with Gasteiger partial charge < -0.3 is 30.1 Å². The zero-order valence-electron chi connectivity index (χ0n) is 12.9. The number of hydrogen-bond acceptors (Lipinski definition) is 7. The number of aliphatic hydroxyl groups is 2. The molecule has 132 valence electrons. The summed E-state index contributed by atoms with van der Waals surface area (Å²) in [5, 5.41) is 30.0. The van der Waals surface area contributed by atoms with E-state index in [0.717, 1.165) is 0 Å². The van der Waals surface area contributed by atoms with Crippen LogP contribution in [0.2, 0.25) is 0 Å². The standard InChI is InChI=1S/C14H24N2O7/c17-11(1-4-14(20)21)15-5-7-22-9-10-23-8-6-16-12(18)2-3-13(16)19/h2-3,12-13,18-19H,1,4-10H2,(H,15,17)(H,20,21). The predicted molar refractivity (Wildman–Crippen MR) is 79.4 cm³/mol. The van der Waals surface area contributed by atoms with Gasteiger partial charge in [0.15, 0.2) is 0 Å². The Morgan fingerprint density at radius 1 is 1.00 bits per heavy atom. The maximum absolute atomic E-state index is 11.2. The minimum absolute atomic E-state index is 0.0402. The highest BCUT2D eigenvalue weighted by atomic mass is 16.5. The number of carboxylic acid groups (broad SMARTS) is 1. The molecule has 0 bridgehead atoms. The molecule has 0 saturated carbocycles. The first-order chi connectivity index (χ1) is 11.0. The third kappa shape index (κ3) is 8.62. The maximum Gasteiger partial charge on any atom is 0.303 e. The summed E-state index contributed by atoms with van der Waals surface area (Å²) in [6, 6.07) is 0. The van der Waals surface area contributed by atoms with Gasteiger partial charge in [-0.25, -0.2) is 4.90 Å². The van der Waals surface area contributed by atoms with Crippen molar-refractivity contribution in [2.75, 3.05) is 39.5 Å². The highest BCUT2D eigenvalue weighted by Crippen LogP contribution is 2.11. The fourth-order valence-corrected chi connectivity index (χ4v) is 1.90. The molecule has 4 N–H and O–H groups in total. The summed E-state index contributed by atoms with van der Waals surface area (Å²) in [6.45, 7) is 2.10. The maximum atomic E-state index is 11.2. The molecule has 0 aromatic heterocycles. The number of amides is 1. The largest absolute Gasteiger partial charge is 0.481 e. The Morgan fingerprint density at radius 3 is 2.22 bits per heavy atom. The van der Waals surface area contributed by atoms with Crippen molar-refractivity contribution in [2.24, 2.45) is 0 Å². The van der Waals surface area contributed by atoms with Gasteiger partial charge in [0.05, 0.1) is 32.8 Å². The second kappa shape index (κ2) is 11.1. The van der Waals surface area contributed by atoms with E-state index >= 15 is 0 Å². The van der Waals surface area contributed by atoms with Crippen molar-refractivity contribution in [1.82, 2.24) is 10.2 Å². The number of rotatable bonds is 12. The van der Waals surface area contributed by atoms with Crippen LogP contribution in [0.3, 0.4) is 0 Å². The van der Waals surface area contributed by atoms with E-state index < -0.39 is 18.4 Å². The summed E-state index contributed by atoms with van der Waals surface area (Å²) >= 11 is 0. The number of ether oxygens (including phenoxy) is 2. The van der Waals surface area contributed by atoms with Crippen LogP contribution in [0.25, 0.3) is 0 Å². The molecule has 23 heavy (non-hydrogen) atoms. The Hall–Kier alpha value is -1.52. The molecule has 1 heterocycles. The highest BCUT2D eigenvalue weighted by molar-refractivity contribution is 5.80. The predicted octanol–water partition coefficient (Wildman–Crippen LogP) is -1.49. The van der Waals surface area contributed by atoms with Gasteiger partial charge in [-0.15, -0.1) is 0 Å². The van der Waals surface area contributed by atoms with Gasteiger partial charge in [0.2, 0.25) is 5.91 Å². The smallest absolute Gasteiger partial charge is 0.303 e. The van der Waals surface area contributed by atoms with E-state index in [0.29, 0.717) is 39.5 Å². The van der Waals surface area contributed by atoms with Crippen molar-refractivity contribution < 1.29 is 34.4 Å². The van der Waals surface area contributed by atoms with E-state index in [1.807, 2.05) is 0 Å². The van der Waals surface area contributed by atoms with E-state index in [9.17, 15) is 19.8 Å². The SMILES string of the molecule is O=C(O)CCC(=O)NCCOCCOCCN1C(O)C=CC1O. The third-order valence-corrected chi connectivity index (χ3v) is 3.14. The quantitative estimate of drug-likeness (QED) is 0.251. The van der Waals surface area contributed by atoms with Crippen LogP contribution in [-0.4, -0.2) is 84.1 Å². The summed E-state index contributed by atoms with van der Waals surface area (Å²) in [5.41, 5.74) is 0. The first kappa shape index (κ1) is 19.5. The lowest BCUT2D eigenvalue weighted by molar-refractivity contribution is -0.138. The second-order valence-corrected chi connectivity index (χ2v) is 4.92. The van der Waals surface area contributed by atoms with Crippen LogP contribution < -0.4 is 5.32 Å². The molecule has 0 fully saturated rings. The number of aliphatic carboxylic acids is 1. The van der Waals surface area contributed by atoms with E-state index in [1.54, 1.807) is 0 Å². The minimum Gasteiger partial charge on any atom is -0.481 e. The van der Waals surface area contributed by atoms with Crippen molar-refractivity contribution in [3.05, 3.63) is 12.2 Å². The number of aliphatic hydroxyl groups excluding tert-OH is 2. The number of carbonyl (C=O) groups excluding carboxylic acids is 1. The van der Waals surface area contributed by atoms with Crippen molar-refractivity contribution in [3.8, 4) is 0 Å². The summed E-state index contributed by atoms with van der Waals surface area (Å²) in [4.78, 5) is 22.9. The van der Waals surface area contributed by atoms with Crippen LogP contribution in [-0.2, 0) is 19.1 Å². The Balaban J connectivity index is 1.86. The molecular weight excluding hydrogens is 308 g/mol. The normalized spacial score (nSPS) is 20.8. The van der Waals surface area contributed by atoms with Crippen molar-refractivity contribution >= 4 is 11.9 Å². The highest BCUT2D eigenvalue weighted by Gasteiger charge is 2.24. The molecule has 2 atom stereocenters. The molecule has 0 spiro atoms. The molecule has 0 saturated heterocycles. The Labute approximate surface area is 134 Å². The molecule has 1 rings (SSSR count). The summed E-state index contributed by atoms with van der Waals surface area (Å²) < 4.78 is 10.6. The lowest BCUT2D eigenvalue weighted by atomic mass is 10.3. The lowest BCUT2D eigenvalue weighted by Gasteiger charge is -2.23. The van der Waals surface area contributed by atoms with E-state index in [-0.39, 0.29) is 18.7 Å². The van der Waals surface area contributed by atoms with Gasteiger partial charge in [-0.3, -0.25) is 9.59 Å². The topological polar surface area (TPSA) is 129 Å². The summed E-state index contributed by atoms with van der Waals surface area (Å²) in [5.74, 6) is -1.32. The summed E-state index contributed by atoms with van der Waals surface area (Å²) in [6.07, 6.45) is 1.24. The van der Waals surface area contributed by atoms with Crippen LogP contribution in [0.1, 0.15) is 12.8 Å². The molecule has 9 nitrogen and oxygen atoms in total. The fourth-order valence-electron chi connectivity index (χ4n) is 1.90. The van der Waals surface area contributed by atoms with Gasteiger partial charge >= 0.3 is 5.97 Å². The number of hydrogen-bond donors (Lipinski definition) is 4. The van der Waals surface area contributed by atoms with Crippen LogP contribution in [0.15, 0.2) is 12.2 Å². The van der Waals surface area contributed by atoms with E-state index in [1.165, 1.54) is 17.1 Å². The van der Waals surface area contributed by atoms with Crippen LogP contribution in [0, 0.1) is 0 Å². The Kier molecular flexibility index (Phi) is 9.41. The zero-order chi connectivity index (χ0) is 17.1. The van der Waals surface area contributed by atoms with E-state index in [4.69, 9.17) is 14.6 Å². The van der Waals surface area contributed by atoms with E-state index in [2.05, 4.69) is 5.32 Å². The molecule has 0 aromatic carbocycles. The Bertz CT molecular complexity index is 391. The Morgan fingerprint density at radius 2 is 1.61 bits per heavy atom. The lowest BCUT2D eigenvalue weighted by Crippen LogP contribution is -2.39. The molecular formula is C14H24N2O7. The fraction of sp³-hybridized carbons (Fsp3) is 0.714. The second-order valence-electron chi connectivity index (χ2n) is 4.92. The molecule has 1 aliphatic rings. The molecule has 1 amide bonds. The molecule has 0 radical (unpaired) electrons. The van der Waals surface area contributed by atoms with Crippen molar-refractivity contribution in [3.63, 3.8) is 0 Å². The van der Waals surface area contributed by atoms with Gasteiger partial charge in [-0.2, -0.15) is 0 Å². The van der Waals surface area contributed by atoms with Gasteiger partial charge in [-0.05, 0) is 12.2 Å². The number of nitrogens with zero attached hydrogens (tertiary/aromatic N) is 1. The number of carbonyl (C=O) groups is 2. The van der Waals surface area contributed by atoms with Crippen LogP contribution in [0.4, 0.5) is 0 Å². The van der Waals surface area contributed by atoms with Crippen molar-refractivity contribution in [2.45, 2.75) is 25.3 Å². The zero-order valence-corrected chi connectivity index (χ0v) is 12.9. The molecule has 9 heteroatoms. The average molecular weight is 332 g/mol. The molecule has 1 aliphatic heterocycles. The summed E-state index contributed by atoms with van der Waals surface area (Å²) in [7, 11) is 0. The van der Waals surface area contributed by atoms with Gasteiger partial charge in [0.25, 0.3) is 0 Å². The third-order valence-electron chi connectivity index (χ3n) is 3.14. The number of carboxylic acids is 1. The van der Waals surface area contributed by atoms with Gasteiger partial charge in [0, 0.05) is 19.5 Å². The molecule has 0 aromatic rings. The van der Waals surface area contributed by atoms with Gasteiger partial charge in [-0.1, -0.05) is 0 Å². The minimum atomic E-state index is -1.00. The van der Waals surface area contributed by atoms with Crippen LogP contribution >= 0.6 is 0 Å². The molecule has 2 unspecified atom stereocenters. The monoisotopic (exact) mass is 332 g/mol. The van der Waals surface area contributed by atoms with Crippen molar-refractivity contribution in [1.29, 1.82) is 0 Å². The first-order valence-corrected chi connectivity index (χ1v) is 7.45. The van der Waals surface area contributed by atoms with Crippen LogP contribution in [0.5, 0.6) is 0 Å². The first-order valence-electron chi connectivity index (χ1n) is 7.45.